The molecule has 522 valence electrons. The van der Waals surface area contributed by atoms with Crippen molar-refractivity contribution < 1.29 is 0 Å². The van der Waals surface area contributed by atoms with Crippen molar-refractivity contribution in [3.8, 4) is 124 Å². The van der Waals surface area contributed by atoms with Crippen LogP contribution in [0, 0.1) is 0 Å². The van der Waals surface area contributed by atoms with Crippen LogP contribution in [0.3, 0.4) is 0 Å². The Hall–Kier alpha value is -15.1. The summed E-state index contributed by atoms with van der Waals surface area (Å²) < 4.78 is 9.63. The van der Waals surface area contributed by atoms with Gasteiger partial charge in [-0.2, -0.15) is 0 Å². The Bertz CT molecular complexity index is 7350. The maximum atomic E-state index is 5.31. The molecule has 0 unspecified atom stereocenters. The first kappa shape index (κ1) is 64.1. The lowest BCUT2D eigenvalue weighted by atomic mass is 9.98. The van der Waals surface area contributed by atoms with Crippen LogP contribution in [-0.2, 0) is 0 Å². The molecule has 0 spiro atoms. The fourth-order valence-electron chi connectivity index (χ4n) is 17.1. The van der Waals surface area contributed by atoms with Gasteiger partial charge in [0, 0.05) is 99.2 Å². The van der Waals surface area contributed by atoms with Gasteiger partial charge in [0.15, 0.2) is 11.6 Å². The first-order valence-corrected chi connectivity index (χ1v) is 38.1. The number of hydrogen-bond acceptors (Lipinski definition) is 4. The van der Waals surface area contributed by atoms with Gasteiger partial charge in [0.1, 0.15) is 0 Å². The first-order chi connectivity index (χ1) is 55.5. The van der Waals surface area contributed by atoms with Crippen LogP contribution >= 0.6 is 0 Å². The highest BCUT2D eigenvalue weighted by Gasteiger charge is 2.23. The van der Waals surface area contributed by atoms with E-state index in [0.717, 1.165) is 156 Å². The molecule has 0 radical (unpaired) electrons. The van der Waals surface area contributed by atoms with Gasteiger partial charge < -0.3 is 18.3 Å². The second-order valence-electron chi connectivity index (χ2n) is 28.9. The molecule has 0 bridgehead atoms. The Balaban J connectivity index is 0.694. The molecule has 22 rings (SSSR count). The van der Waals surface area contributed by atoms with E-state index in [2.05, 4.69) is 394 Å². The average Bonchev–Trinajstić information content (AvgIpc) is 1.58. The molecular weight excluding hydrogens is 1360 g/mol. The SMILES string of the molecule is c1ccc(-c2cc(-c3ccccc3)nc(-c3cccc(-n4c5ccc(-c6ccc7c(c6)c6ccccc6n7-c6ccccc6)cc5c5cc(-c6ccc7c(c6)c6cc(-c8ccc9c%10ccccc%10n(-c%10cccc(-c%11nc(-c%12ccccc%12)cc(-c%12ccccc%12)n%11)c%10)c9c8)ccc6n7-c6ccccc6)ccc54)c3)n2)cc1. The van der Waals surface area contributed by atoms with Crippen molar-refractivity contribution in [3.05, 3.63) is 400 Å². The molecule has 112 heavy (non-hydrogen) atoms. The molecule has 0 aliphatic carbocycles. The van der Waals surface area contributed by atoms with E-state index >= 15 is 0 Å². The predicted octanol–water partition coefficient (Wildman–Crippen LogP) is 26.7. The normalized spacial score (nSPS) is 11.8. The minimum absolute atomic E-state index is 0.658. The Morgan fingerprint density at radius 3 is 0.732 bits per heavy atom. The molecular formula is C104H66N8. The largest absolute Gasteiger partial charge is 0.309 e. The molecule has 22 aromatic rings. The summed E-state index contributed by atoms with van der Waals surface area (Å²) in [5, 5.41) is 9.42. The fourth-order valence-corrected chi connectivity index (χ4v) is 17.1. The van der Waals surface area contributed by atoms with Crippen LogP contribution in [0.1, 0.15) is 0 Å². The van der Waals surface area contributed by atoms with Crippen LogP contribution in [0.2, 0.25) is 0 Å². The van der Waals surface area contributed by atoms with Crippen molar-refractivity contribution in [2.45, 2.75) is 0 Å². The van der Waals surface area contributed by atoms with Gasteiger partial charge in [-0.15, -0.1) is 0 Å². The predicted molar refractivity (Wildman–Crippen MR) is 464 cm³/mol. The van der Waals surface area contributed by atoms with Gasteiger partial charge >= 0.3 is 0 Å². The van der Waals surface area contributed by atoms with Gasteiger partial charge in [0.05, 0.1) is 66.9 Å². The Morgan fingerprint density at radius 1 is 0.134 bits per heavy atom. The van der Waals surface area contributed by atoms with Crippen molar-refractivity contribution in [1.29, 1.82) is 0 Å². The minimum Gasteiger partial charge on any atom is -0.309 e. The highest BCUT2D eigenvalue weighted by Crippen LogP contribution is 2.45. The second-order valence-corrected chi connectivity index (χ2v) is 28.9. The van der Waals surface area contributed by atoms with Crippen molar-refractivity contribution in [3.63, 3.8) is 0 Å². The molecule has 6 heterocycles. The summed E-state index contributed by atoms with van der Waals surface area (Å²) in [6.45, 7) is 0. The summed E-state index contributed by atoms with van der Waals surface area (Å²) in [5.41, 5.74) is 29.6. The standard InChI is InChI=1S/C104H66N8/c1-7-25-67(26-8-1)91-65-92(68-27-9-2-10-28-68)106-103(105-91)77-33-23-39-81(57-77)111-100-55-48-72(71-46-52-97-86(59-71)84-42-20-22-44-96(84)109(97)79-35-15-5-16-36-79)61-89(100)90-62-74(49-56-101(90)111)73-47-53-98-87(60-73)88-63-75(50-54-99(88)110(98)80-37-17-6-18-38-80)76-45-51-85-83-41-19-21-43-95(83)112(102(85)64-76)82-40-24-34-78(58-82)104-107-93(69-29-11-3-12-30-69)66-94(108-104)70-31-13-4-14-32-70/h1-66H. The molecule has 0 N–H and O–H groups in total. The zero-order valence-electron chi connectivity index (χ0n) is 60.7. The second kappa shape index (κ2) is 26.4. The highest BCUT2D eigenvalue weighted by molar-refractivity contribution is 6.16. The lowest BCUT2D eigenvalue weighted by Gasteiger charge is -2.12. The number of benzene rings is 16. The number of nitrogens with zero attached hydrogens (tertiary/aromatic N) is 8. The average molecular weight is 1430 g/mol. The molecule has 0 aliphatic rings. The van der Waals surface area contributed by atoms with Crippen LogP contribution in [0.15, 0.2) is 400 Å². The van der Waals surface area contributed by atoms with E-state index in [4.69, 9.17) is 19.9 Å². The Kier molecular flexibility index (Phi) is 15.1. The molecule has 0 saturated heterocycles. The lowest BCUT2D eigenvalue weighted by Crippen LogP contribution is -1.98. The molecule has 8 heteroatoms. The number of para-hydroxylation sites is 4. The van der Waals surface area contributed by atoms with E-state index < -0.39 is 0 Å². The van der Waals surface area contributed by atoms with Crippen LogP contribution in [-0.4, -0.2) is 38.2 Å². The number of rotatable bonds is 13. The van der Waals surface area contributed by atoms with E-state index in [-0.39, 0.29) is 0 Å². The smallest absolute Gasteiger partial charge is 0.160 e. The van der Waals surface area contributed by atoms with Gasteiger partial charge in [-0.05, 0) is 173 Å². The molecule has 16 aromatic carbocycles. The van der Waals surface area contributed by atoms with E-state index in [9.17, 15) is 0 Å². The minimum atomic E-state index is 0.658. The zero-order chi connectivity index (χ0) is 73.7. The van der Waals surface area contributed by atoms with Crippen LogP contribution < -0.4 is 0 Å². The molecule has 0 atom stereocenters. The first-order valence-electron chi connectivity index (χ1n) is 38.1. The van der Waals surface area contributed by atoms with E-state index in [1.807, 2.05) is 24.3 Å². The van der Waals surface area contributed by atoms with E-state index in [0.29, 0.717) is 11.6 Å². The van der Waals surface area contributed by atoms with Crippen LogP contribution in [0.25, 0.3) is 211 Å². The summed E-state index contributed by atoms with van der Waals surface area (Å²) in [6.07, 6.45) is 0. The Labute approximate surface area is 645 Å². The molecule has 6 aromatic heterocycles. The van der Waals surface area contributed by atoms with Crippen molar-refractivity contribution >= 4 is 87.2 Å². The number of aromatic nitrogens is 8. The van der Waals surface area contributed by atoms with Gasteiger partial charge in [-0.3, -0.25) is 0 Å². The molecule has 0 aliphatic heterocycles. The van der Waals surface area contributed by atoms with E-state index in [1.165, 1.54) is 43.4 Å². The highest BCUT2D eigenvalue weighted by atomic mass is 15.0. The third-order valence-corrected chi connectivity index (χ3v) is 22.4. The summed E-state index contributed by atoms with van der Waals surface area (Å²) in [4.78, 5) is 21.1. The van der Waals surface area contributed by atoms with Crippen LogP contribution in [0.5, 0.6) is 0 Å². The monoisotopic (exact) mass is 1430 g/mol. The van der Waals surface area contributed by atoms with Gasteiger partial charge in [0.25, 0.3) is 0 Å². The van der Waals surface area contributed by atoms with Crippen molar-refractivity contribution in [2.75, 3.05) is 0 Å². The maximum Gasteiger partial charge on any atom is 0.160 e. The van der Waals surface area contributed by atoms with Crippen molar-refractivity contribution in [1.82, 2.24) is 38.2 Å². The van der Waals surface area contributed by atoms with Gasteiger partial charge in [-0.1, -0.05) is 261 Å². The third-order valence-electron chi connectivity index (χ3n) is 22.4. The summed E-state index contributed by atoms with van der Waals surface area (Å²) >= 11 is 0. The quantitative estimate of drug-likeness (QED) is 0.115. The van der Waals surface area contributed by atoms with Gasteiger partial charge in [0.2, 0.25) is 0 Å². The number of hydrogen-bond donors (Lipinski definition) is 0. The lowest BCUT2D eigenvalue weighted by molar-refractivity contribution is 1.16. The summed E-state index contributed by atoms with van der Waals surface area (Å²) in [7, 11) is 0. The Morgan fingerprint density at radius 2 is 0.375 bits per heavy atom. The maximum absolute atomic E-state index is 5.31. The van der Waals surface area contributed by atoms with Crippen molar-refractivity contribution in [2.24, 2.45) is 0 Å². The third kappa shape index (κ3) is 10.9. The molecule has 8 nitrogen and oxygen atoms in total. The summed E-state index contributed by atoms with van der Waals surface area (Å²) in [5.74, 6) is 1.33. The zero-order valence-corrected chi connectivity index (χ0v) is 60.7. The van der Waals surface area contributed by atoms with Crippen LogP contribution in [0.4, 0.5) is 0 Å². The number of fused-ring (bicyclic) bond motifs is 12. The molecule has 0 amide bonds. The molecule has 0 saturated carbocycles. The van der Waals surface area contributed by atoms with Gasteiger partial charge in [-0.25, -0.2) is 19.9 Å². The molecule has 0 fully saturated rings. The van der Waals surface area contributed by atoms with E-state index in [1.54, 1.807) is 0 Å². The topological polar surface area (TPSA) is 71.3 Å². The summed E-state index contributed by atoms with van der Waals surface area (Å²) in [6, 6.07) is 144. The fraction of sp³-hybridized carbons (Fsp3) is 0.